The lowest BCUT2D eigenvalue weighted by atomic mass is 9.84. The molecule has 0 spiro atoms. The van der Waals surface area contributed by atoms with Crippen LogP contribution in [-0.4, -0.2) is 33.0 Å². The average molecular weight is 495 g/mol. The minimum Gasteiger partial charge on any atom is -0.379 e. The maximum absolute atomic E-state index is 13.0. The van der Waals surface area contributed by atoms with Crippen molar-refractivity contribution in [2.24, 2.45) is 0 Å². The Kier molecular flexibility index (Phi) is 4.90. The number of rotatable bonds is 4. The number of carbonyl (C=O) groups is 2. The zero-order chi connectivity index (χ0) is 24.3. The van der Waals surface area contributed by atoms with Crippen LogP contribution >= 0.6 is 0 Å². The summed E-state index contributed by atoms with van der Waals surface area (Å²) in [6.07, 6.45) is 0. The van der Waals surface area contributed by atoms with Gasteiger partial charge in [0.25, 0.3) is 10.1 Å². The van der Waals surface area contributed by atoms with Crippen LogP contribution in [0.25, 0.3) is 10.8 Å². The zero-order valence-electron chi connectivity index (χ0n) is 17.1. The lowest BCUT2D eigenvalue weighted by Gasteiger charge is -2.18. The van der Waals surface area contributed by atoms with Crippen molar-refractivity contribution in [1.82, 2.24) is 0 Å². The van der Waals surface area contributed by atoms with Crippen LogP contribution in [0.3, 0.4) is 0 Å². The van der Waals surface area contributed by atoms with Crippen molar-refractivity contribution in [1.29, 1.82) is 0 Å². The van der Waals surface area contributed by atoms with Crippen LogP contribution in [-0.2, 0) is 20.2 Å². The van der Waals surface area contributed by atoms with Gasteiger partial charge < -0.3 is 4.18 Å². The Labute approximate surface area is 194 Å². The van der Waals surface area contributed by atoms with Gasteiger partial charge in [0.1, 0.15) is 10.6 Å². The van der Waals surface area contributed by atoms with Crippen LogP contribution in [0.5, 0.6) is 5.75 Å². The molecule has 10 heteroatoms. The van der Waals surface area contributed by atoms with E-state index in [4.69, 9.17) is 4.18 Å². The van der Waals surface area contributed by atoms with Crippen molar-refractivity contribution in [3.05, 3.63) is 101 Å². The van der Waals surface area contributed by atoms with E-state index in [0.29, 0.717) is 0 Å². The summed E-state index contributed by atoms with van der Waals surface area (Å²) in [5, 5.41) is 1.68. The molecule has 1 N–H and O–H groups in total. The predicted octanol–water partition coefficient (Wildman–Crippen LogP) is 3.63. The van der Waals surface area contributed by atoms with Crippen LogP contribution in [0.2, 0.25) is 0 Å². The number of ketones is 2. The Bertz CT molecular complexity index is 1750. The second kappa shape index (κ2) is 7.59. The maximum Gasteiger partial charge on any atom is 0.339 e. The molecule has 34 heavy (non-hydrogen) atoms. The van der Waals surface area contributed by atoms with Gasteiger partial charge in [-0.1, -0.05) is 30.3 Å². The maximum atomic E-state index is 13.0. The molecule has 4 aromatic carbocycles. The molecule has 0 saturated carbocycles. The molecular formula is C24H14O8S2. The summed E-state index contributed by atoms with van der Waals surface area (Å²) >= 11 is 0. The first-order chi connectivity index (χ1) is 16.0. The van der Waals surface area contributed by atoms with Gasteiger partial charge in [-0.25, -0.2) is 0 Å². The second-order valence-electron chi connectivity index (χ2n) is 7.59. The standard InChI is InChI=1S/C24H14O8S2/c25-23-20-10-8-18(34(30,31)32-16-6-5-14-3-1-2-4-15(14)11-16)13-22(20)24(26)19-9-7-17(12-21(19)23)33(27,28)29/h1-13H,(H,27,28,29). The van der Waals surface area contributed by atoms with E-state index in [1.807, 2.05) is 24.3 Å². The summed E-state index contributed by atoms with van der Waals surface area (Å²) in [5.74, 6) is -1.24. The molecule has 0 radical (unpaired) electrons. The number of carbonyl (C=O) groups excluding carboxylic acids is 2. The Hall–Kier alpha value is -3.86. The van der Waals surface area contributed by atoms with E-state index < -0.39 is 36.7 Å². The van der Waals surface area contributed by atoms with E-state index in [1.54, 1.807) is 12.1 Å². The molecule has 0 bridgehead atoms. The van der Waals surface area contributed by atoms with Crippen molar-refractivity contribution in [2.75, 3.05) is 0 Å². The highest BCUT2D eigenvalue weighted by atomic mass is 32.2. The molecule has 0 saturated heterocycles. The molecule has 0 unspecified atom stereocenters. The highest BCUT2D eigenvalue weighted by molar-refractivity contribution is 7.87. The summed E-state index contributed by atoms with van der Waals surface area (Å²) in [7, 11) is -8.92. The molecule has 170 valence electrons. The molecule has 5 rings (SSSR count). The van der Waals surface area contributed by atoms with Gasteiger partial charge in [0.2, 0.25) is 0 Å². The van der Waals surface area contributed by atoms with Crippen LogP contribution in [0.15, 0.2) is 88.7 Å². The molecule has 4 aromatic rings. The van der Waals surface area contributed by atoms with Gasteiger partial charge in [-0.3, -0.25) is 14.1 Å². The number of hydrogen-bond acceptors (Lipinski definition) is 7. The molecule has 0 aromatic heterocycles. The summed E-state index contributed by atoms with van der Waals surface area (Å²) in [5.41, 5.74) is -0.541. The first-order valence-electron chi connectivity index (χ1n) is 9.83. The number of fused-ring (bicyclic) bond motifs is 3. The van der Waals surface area contributed by atoms with Gasteiger partial charge in [-0.15, -0.1) is 0 Å². The van der Waals surface area contributed by atoms with Gasteiger partial charge >= 0.3 is 10.1 Å². The third-order valence-corrected chi connectivity index (χ3v) is 7.57. The van der Waals surface area contributed by atoms with E-state index in [-0.39, 0.29) is 32.9 Å². The minimum atomic E-state index is -4.58. The van der Waals surface area contributed by atoms with Crippen LogP contribution in [0.4, 0.5) is 0 Å². The predicted molar refractivity (Wildman–Crippen MR) is 121 cm³/mol. The molecule has 0 atom stereocenters. The highest BCUT2D eigenvalue weighted by Gasteiger charge is 2.32. The van der Waals surface area contributed by atoms with Gasteiger partial charge in [0, 0.05) is 22.3 Å². The fraction of sp³-hybridized carbons (Fsp3) is 0. The van der Waals surface area contributed by atoms with Gasteiger partial charge in [-0.05, 0) is 59.3 Å². The van der Waals surface area contributed by atoms with E-state index in [9.17, 15) is 31.0 Å². The van der Waals surface area contributed by atoms with E-state index in [2.05, 4.69) is 0 Å². The lowest BCUT2D eigenvalue weighted by molar-refractivity contribution is 0.0978. The Morgan fingerprint density at radius 2 is 1.15 bits per heavy atom. The zero-order valence-corrected chi connectivity index (χ0v) is 18.8. The SMILES string of the molecule is O=C1c2ccc(S(=O)(=O)Oc3ccc4ccccc4c3)cc2C(=O)c2ccc(S(=O)(=O)O)cc21. The molecular weight excluding hydrogens is 480 g/mol. The number of hydrogen-bond donors (Lipinski definition) is 1. The third kappa shape index (κ3) is 3.67. The molecule has 0 heterocycles. The first-order valence-corrected chi connectivity index (χ1v) is 12.7. The smallest absolute Gasteiger partial charge is 0.339 e. The lowest BCUT2D eigenvalue weighted by Crippen LogP contribution is -2.22. The van der Waals surface area contributed by atoms with Crippen LogP contribution < -0.4 is 4.18 Å². The van der Waals surface area contributed by atoms with E-state index >= 15 is 0 Å². The van der Waals surface area contributed by atoms with Crippen LogP contribution in [0.1, 0.15) is 31.8 Å². The number of benzene rings is 4. The van der Waals surface area contributed by atoms with Crippen molar-refractivity contribution in [3.63, 3.8) is 0 Å². The first kappa shape index (κ1) is 22.0. The normalized spacial score (nSPS) is 13.4. The molecule has 1 aliphatic rings. The minimum absolute atomic E-state index is 0.0851. The highest BCUT2D eigenvalue weighted by Crippen LogP contribution is 2.31. The quantitative estimate of drug-likeness (QED) is 0.296. The van der Waals surface area contributed by atoms with Gasteiger partial charge in [-0.2, -0.15) is 16.8 Å². The second-order valence-corrected chi connectivity index (χ2v) is 10.6. The van der Waals surface area contributed by atoms with E-state index in [1.165, 1.54) is 12.1 Å². The van der Waals surface area contributed by atoms with Crippen LogP contribution in [0, 0.1) is 0 Å². The summed E-state index contributed by atoms with van der Waals surface area (Å²) < 4.78 is 63.1. The Morgan fingerprint density at radius 1 is 0.588 bits per heavy atom. The molecule has 8 nitrogen and oxygen atoms in total. The fourth-order valence-electron chi connectivity index (χ4n) is 3.82. The van der Waals surface area contributed by atoms with Gasteiger partial charge in [0.05, 0.1) is 4.90 Å². The fourth-order valence-corrected chi connectivity index (χ4v) is 5.28. The molecule has 0 amide bonds. The molecule has 1 aliphatic carbocycles. The summed E-state index contributed by atoms with van der Waals surface area (Å²) in [6, 6.07) is 18.5. The van der Waals surface area contributed by atoms with Crippen molar-refractivity contribution >= 4 is 42.6 Å². The largest absolute Gasteiger partial charge is 0.379 e. The monoisotopic (exact) mass is 494 g/mol. The summed E-state index contributed by atoms with van der Waals surface area (Å²) in [4.78, 5) is 25.0. The molecule has 0 aliphatic heterocycles. The Balaban J connectivity index is 1.53. The average Bonchev–Trinajstić information content (AvgIpc) is 2.81. The third-order valence-electron chi connectivity index (χ3n) is 5.47. The van der Waals surface area contributed by atoms with Crippen molar-refractivity contribution in [3.8, 4) is 5.75 Å². The van der Waals surface area contributed by atoms with Gasteiger partial charge in [0.15, 0.2) is 11.6 Å². The van der Waals surface area contributed by atoms with Crippen molar-refractivity contribution in [2.45, 2.75) is 9.79 Å². The van der Waals surface area contributed by atoms with Crippen molar-refractivity contribution < 1.29 is 35.2 Å². The topological polar surface area (TPSA) is 132 Å². The molecule has 0 fully saturated rings. The van der Waals surface area contributed by atoms with E-state index in [0.717, 1.165) is 41.1 Å². The Morgan fingerprint density at radius 3 is 1.76 bits per heavy atom. The summed E-state index contributed by atoms with van der Waals surface area (Å²) in [6.45, 7) is 0.